The van der Waals surface area contributed by atoms with Crippen LogP contribution in [0.5, 0.6) is 0 Å². The van der Waals surface area contributed by atoms with Crippen LogP contribution in [0.25, 0.3) is 0 Å². The largest absolute Gasteiger partial charge is 0.387 e. The topological polar surface area (TPSA) is 33.1 Å². The molecular formula is C11H10FNOS. The Labute approximate surface area is 91.0 Å². The van der Waals surface area contributed by atoms with Gasteiger partial charge in [-0.3, -0.25) is 4.98 Å². The van der Waals surface area contributed by atoms with Gasteiger partial charge in [0.25, 0.3) is 0 Å². The van der Waals surface area contributed by atoms with Gasteiger partial charge < -0.3 is 5.11 Å². The molecule has 4 heteroatoms. The lowest BCUT2D eigenvalue weighted by atomic mass is 10.1. The number of hydrogen-bond acceptors (Lipinski definition) is 3. The van der Waals surface area contributed by atoms with Crippen molar-refractivity contribution < 1.29 is 9.50 Å². The summed E-state index contributed by atoms with van der Waals surface area (Å²) in [6, 6.07) is 6.27. The summed E-state index contributed by atoms with van der Waals surface area (Å²) in [7, 11) is 0. The molecule has 1 atom stereocenters. The van der Waals surface area contributed by atoms with Crippen molar-refractivity contribution in [3.8, 4) is 0 Å². The van der Waals surface area contributed by atoms with E-state index in [4.69, 9.17) is 0 Å². The van der Waals surface area contributed by atoms with E-state index in [0.29, 0.717) is 6.42 Å². The fourth-order valence-corrected chi connectivity index (χ4v) is 1.98. The fraction of sp³-hybridized carbons (Fsp3) is 0.182. The van der Waals surface area contributed by atoms with Gasteiger partial charge in [-0.1, -0.05) is 12.1 Å². The summed E-state index contributed by atoms with van der Waals surface area (Å²) in [5.41, 5.74) is 2.46. The Balaban J connectivity index is 2.09. The smallest absolute Gasteiger partial charge is 0.123 e. The van der Waals surface area contributed by atoms with E-state index in [2.05, 4.69) is 4.98 Å². The zero-order valence-corrected chi connectivity index (χ0v) is 8.75. The molecule has 0 aliphatic rings. The molecule has 1 aromatic heterocycles. The second-order valence-corrected chi connectivity index (χ2v) is 4.17. The molecule has 0 fully saturated rings. The highest BCUT2D eigenvalue weighted by Crippen LogP contribution is 2.21. The predicted octanol–water partition coefficient (Wildman–Crippen LogP) is 2.56. The standard InChI is InChI=1S/C11H10FNOS/c12-9-3-1-2-8(4-9)5-10(14)11-6-13-7-15-11/h1-4,6-7,10,14H,5H2. The van der Waals surface area contributed by atoms with Gasteiger partial charge in [0.2, 0.25) is 0 Å². The Morgan fingerprint density at radius 2 is 2.33 bits per heavy atom. The molecule has 1 N–H and O–H groups in total. The van der Waals surface area contributed by atoms with Gasteiger partial charge in [0.05, 0.1) is 16.5 Å². The lowest BCUT2D eigenvalue weighted by Gasteiger charge is -2.07. The van der Waals surface area contributed by atoms with Gasteiger partial charge in [0.15, 0.2) is 0 Å². The molecule has 2 nitrogen and oxygen atoms in total. The third-order valence-electron chi connectivity index (χ3n) is 2.10. The van der Waals surface area contributed by atoms with Crippen LogP contribution in [0.1, 0.15) is 16.5 Å². The van der Waals surface area contributed by atoms with Crippen LogP contribution in [0.2, 0.25) is 0 Å². The number of aromatic nitrogens is 1. The van der Waals surface area contributed by atoms with Crippen LogP contribution in [0.15, 0.2) is 36.0 Å². The van der Waals surface area contributed by atoms with E-state index in [1.807, 2.05) is 0 Å². The van der Waals surface area contributed by atoms with Crippen LogP contribution < -0.4 is 0 Å². The first-order chi connectivity index (χ1) is 7.25. The van der Waals surface area contributed by atoms with Gasteiger partial charge in [-0.15, -0.1) is 11.3 Å². The minimum Gasteiger partial charge on any atom is -0.387 e. The number of halogens is 1. The van der Waals surface area contributed by atoms with Crippen molar-refractivity contribution in [2.24, 2.45) is 0 Å². The number of nitrogens with zero attached hydrogens (tertiary/aromatic N) is 1. The summed E-state index contributed by atoms with van der Waals surface area (Å²) in [6.07, 6.45) is 1.45. The maximum atomic E-state index is 12.9. The van der Waals surface area contributed by atoms with Crippen molar-refractivity contribution in [3.63, 3.8) is 0 Å². The molecule has 0 aliphatic carbocycles. The molecule has 0 radical (unpaired) electrons. The van der Waals surface area contributed by atoms with E-state index < -0.39 is 6.10 Å². The molecule has 0 saturated heterocycles. The van der Waals surface area contributed by atoms with Crippen molar-refractivity contribution >= 4 is 11.3 Å². The molecule has 1 unspecified atom stereocenters. The zero-order valence-electron chi connectivity index (χ0n) is 7.93. The second-order valence-electron chi connectivity index (χ2n) is 3.25. The van der Waals surface area contributed by atoms with Gasteiger partial charge in [-0.2, -0.15) is 0 Å². The lowest BCUT2D eigenvalue weighted by molar-refractivity contribution is 0.182. The highest BCUT2D eigenvalue weighted by Gasteiger charge is 2.10. The molecule has 2 rings (SSSR count). The Hall–Kier alpha value is -1.26. The first-order valence-corrected chi connectivity index (χ1v) is 5.44. The number of aliphatic hydroxyl groups is 1. The molecule has 0 bridgehead atoms. The SMILES string of the molecule is OC(Cc1cccc(F)c1)c1cncs1. The van der Waals surface area contributed by atoms with Gasteiger partial charge >= 0.3 is 0 Å². The van der Waals surface area contributed by atoms with E-state index >= 15 is 0 Å². The molecule has 78 valence electrons. The zero-order chi connectivity index (χ0) is 10.7. The van der Waals surface area contributed by atoms with Crippen molar-refractivity contribution in [2.45, 2.75) is 12.5 Å². The lowest BCUT2D eigenvalue weighted by Crippen LogP contribution is -1.99. The first kappa shape index (κ1) is 10.3. The third kappa shape index (κ3) is 2.61. The number of hydrogen-bond donors (Lipinski definition) is 1. The van der Waals surface area contributed by atoms with Crippen molar-refractivity contribution in [3.05, 3.63) is 52.2 Å². The number of benzene rings is 1. The minimum atomic E-state index is -0.598. The predicted molar refractivity (Wildman–Crippen MR) is 57.2 cm³/mol. The Morgan fingerprint density at radius 3 is 3.00 bits per heavy atom. The monoisotopic (exact) mass is 223 g/mol. The summed E-state index contributed by atoms with van der Waals surface area (Å²) >= 11 is 1.40. The van der Waals surface area contributed by atoms with Crippen LogP contribution in [0.3, 0.4) is 0 Å². The molecule has 15 heavy (non-hydrogen) atoms. The quantitative estimate of drug-likeness (QED) is 0.867. The number of thiazole rings is 1. The Kier molecular flexibility index (Phi) is 3.08. The maximum Gasteiger partial charge on any atom is 0.123 e. The highest BCUT2D eigenvalue weighted by molar-refractivity contribution is 7.09. The maximum absolute atomic E-state index is 12.9. The molecule has 0 saturated carbocycles. The molecule has 0 amide bonds. The average Bonchev–Trinajstić information content (AvgIpc) is 2.70. The number of rotatable bonds is 3. The van der Waals surface area contributed by atoms with E-state index in [9.17, 15) is 9.50 Å². The normalized spacial score (nSPS) is 12.7. The number of aliphatic hydroxyl groups excluding tert-OH is 1. The van der Waals surface area contributed by atoms with Crippen molar-refractivity contribution in [2.75, 3.05) is 0 Å². The van der Waals surface area contributed by atoms with E-state index in [1.54, 1.807) is 23.8 Å². The fourth-order valence-electron chi connectivity index (χ4n) is 1.38. The summed E-state index contributed by atoms with van der Waals surface area (Å²) in [4.78, 5) is 4.69. The van der Waals surface area contributed by atoms with Crippen molar-refractivity contribution in [1.82, 2.24) is 4.98 Å². The van der Waals surface area contributed by atoms with E-state index in [1.165, 1.54) is 23.5 Å². The van der Waals surface area contributed by atoms with E-state index in [0.717, 1.165) is 10.4 Å². The average molecular weight is 223 g/mol. The molecular weight excluding hydrogens is 213 g/mol. The highest BCUT2D eigenvalue weighted by atomic mass is 32.1. The molecule has 0 aliphatic heterocycles. The van der Waals surface area contributed by atoms with Gasteiger partial charge in [-0.25, -0.2) is 4.39 Å². The molecule has 0 spiro atoms. The second kappa shape index (κ2) is 4.51. The van der Waals surface area contributed by atoms with Gasteiger partial charge in [-0.05, 0) is 17.7 Å². The van der Waals surface area contributed by atoms with Crippen LogP contribution in [0, 0.1) is 5.82 Å². The first-order valence-electron chi connectivity index (χ1n) is 4.56. The Morgan fingerprint density at radius 1 is 1.47 bits per heavy atom. The van der Waals surface area contributed by atoms with Gasteiger partial charge in [0.1, 0.15) is 5.82 Å². The molecule has 2 aromatic rings. The summed E-state index contributed by atoms with van der Waals surface area (Å²) in [6.45, 7) is 0. The van der Waals surface area contributed by atoms with E-state index in [-0.39, 0.29) is 5.82 Å². The van der Waals surface area contributed by atoms with Crippen LogP contribution in [-0.2, 0) is 6.42 Å². The van der Waals surface area contributed by atoms with Crippen LogP contribution in [0.4, 0.5) is 4.39 Å². The van der Waals surface area contributed by atoms with Crippen LogP contribution in [-0.4, -0.2) is 10.1 Å². The Bertz CT molecular complexity index is 430. The van der Waals surface area contributed by atoms with Crippen LogP contribution >= 0.6 is 11.3 Å². The summed E-state index contributed by atoms with van der Waals surface area (Å²) in [5.74, 6) is -0.274. The third-order valence-corrected chi connectivity index (χ3v) is 2.97. The summed E-state index contributed by atoms with van der Waals surface area (Å²) in [5, 5.41) is 9.80. The molecule has 1 heterocycles. The molecule has 1 aromatic carbocycles. The van der Waals surface area contributed by atoms with Crippen molar-refractivity contribution in [1.29, 1.82) is 0 Å². The minimum absolute atomic E-state index is 0.274. The summed E-state index contributed by atoms with van der Waals surface area (Å²) < 4.78 is 12.9. The van der Waals surface area contributed by atoms with Gasteiger partial charge in [0, 0.05) is 12.6 Å².